The maximum absolute atomic E-state index is 12.9. The van der Waals surface area contributed by atoms with Crippen LogP contribution in [0.15, 0.2) is 41.3 Å². The van der Waals surface area contributed by atoms with Crippen molar-refractivity contribution < 1.29 is 12.8 Å². The Hall–Kier alpha value is -1.41. The first kappa shape index (κ1) is 15.5. The Morgan fingerprint density at radius 3 is 2.45 bits per heavy atom. The number of rotatable bonds is 3. The van der Waals surface area contributed by atoms with Gasteiger partial charge in [0.05, 0.1) is 19.6 Å². The zero-order chi connectivity index (χ0) is 15.9. The van der Waals surface area contributed by atoms with Gasteiger partial charge in [0.25, 0.3) is 10.0 Å². The summed E-state index contributed by atoms with van der Waals surface area (Å²) in [7, 11) is -3.85. The molecule has 0 bridgehead atoms. The summed E-state index contributed by atoms with van der Waals surface area (Å²) >= 11 is 13.1. The molecule has 22 heavy (non-hydrogen) atoms. The lowest BCUT2D eigenvalue weighted by Crippen LogP contribution is -2.12. The fourth-order valence-electron chi connectivity index (χ4n) is 1.77. The van der Waals surface area contributed by atoms with Crippen LogP contribution in [0, 0.1) is 5.82 Å². The normalized spacial score (nSPS) is 11.8. The number of nitrogens with one attached hydrogen (secondary N) is 1. The number of anilines is 1. The van der Waals surface area contributed by atoms with Crippen LogP contribution in [0.1, 0.15) is 0 Å². The summed E-state index contributed by atoms with van der Waals surface area (Å²) < 4.78 is 40.3. The molecule has 1 aromatic heterocycles. The van der Waals surface area contributed by atoms with Crippen molar-refractivity contribution in [2.45, 2.75) is 4.90 Å². The van der Waals surface area contributed by atoms with Gasteiger partial charge >= 0.3 is 0 Å². The highest BCUT2D eigenvalue weighted by atomic mass is 35.5. The second-order valence-corrected chi connectivity index (χ2v) is 7.78. The van der Waals surface area contributed by atoms with Crippen molar-refractivity contribution in [2.24, 2.45) is 0 Å². The van der Waals surface area contributed by atoms with E-state index in [1.54, 1.807) is 12.1 Å². The Morgan fingerprint density at radius 2 is 1.77 bits per heavy atom. The summed E-state index contributed by atoms with van der Waals surface area (Å²) in [4.78, 5) is 4.08. The Kier molecular flexibility index (Phi) is 3.98. The minimum absolute atomic E-state index is 0.0581. The molecular weight excluding hydrogens is 370 g/mol. The van der Waals surface area contributed by atoms with Crippen LogP contribution >= 0.6 is 34.5 Å². The van der Waals surface area contributed by atoms with E-state index >= 15 is 0 Å². The second-order valence-electron chi connectivity index (χ2n) is 4.29. The van der Waals surface area contributed by atoms with Gasteiger partial charge in [-0.25, -0.2) is 17.8 Å². The number of fused-ring (bicyclic) bond motifs is 1. The molecule has 114 valence electrons. The van der Waals surface area contributed by atoms with E-state index in [0.29, 0.717) is 15.2 Å². The van der Waals surface area contributed by atoms with Crippen LogP contribution in [0.3, 0.4) is 0 Å². The number of thiazole rings is 1. The van der Waals surface area contributed by atoms with E-state index in [4.69, 9.17) is 23.2 Å². The average Bonchev–Trinajstić information content (AvgIpc) is 2.86. The third-order valence-electron chi connectivity index (χ3n) is 2.80. The van der Waals surface area contributed by atoms with Gasteiger partial charge in [0.15, 0.2) is 5.13 Å². The molecule has 0 amide bonds. The van der Waals surface area contributed by atoms with E-state index in [9.17, 15) is 12.8 Å². The highest BCUT2D eigenvalue weighted by molar-refractivity contribution is 7.93. The van der Waals surface area contributed by atoms with E-state index in [0.717, 1.165) is 23.5 Å². The summed E-state index contributed by atoms with van der Waals surface area (Å²) in [6.07, 6.45) is 0. The van der Waals surface area contributed by atoms with E-state index < -0.39 is 15.8 Å². The van der Waals surface area contributed by atoms with Gasteiger partial charge in [-0.2, -0.15) is 0 Å². The maximum Gasteiger partial charge on any atom is 0.263 e. The van der Waals surface area contributed by atoms with Gasteiger partial charge in [0.1, 0.15) is 11.3 Å². The summed E-state index contributed by atoms with van der Waals surface area (Å²) in [5, 5.41) is 0.763. The van der Waals surface area contributed by atoms with Crippen molar-refractivity contribution in [3.63, 3.8) is 0 Å². The lowest BCUT2D eigenvalue weighted by atomic mass is 10.3. The molecule has 3 rings (SSSR count). The number of hydrogen-bond donors (Lipinski definition) is 1. The Labute approximate surface area is 139 Å². The molecule has 0 aliphatic heterocycles. The van der Waals surface area contributed by atoms with E-state index in [1.165, 1.54) is 12.1 Å². The van der Waals surface area contributed by atoms with Crippen molar-refractivity contribution in [1.82, 2.24) is 4.98 Å². The highest BCUT2D eigenvalue weighted by Crippen LogP contribution is 2.35. The molecule has 0 spiro atoms. The van der Waals surface area contributed by atoms with Gasteiger partial charge in [0.2, 0.25) is 0 Å². The second kappa shape index (κ2) is 5.66. The smallest absolute Gasteiger partial charge is 0.255 e. The van der Waals surface area contributed by atoms with Crippen molar-refractivity contribution in [2.75, 3.05) is 4.72 Å². The summed E-state index contributed by atoms with van der Waals surface area (Å²) in [6, 6.07) is 7.82. The predicted molar refractivity (Wildman–Crippen MR) is 86.8 cm³/mol. The van der Waals surface area contributed by atoms with Crippen molar-refractivity contribution in [1.29, 1.82) is 0 Å². The van der Waals surface area contributed by atoms with Crippen LogP contribution in [-0.4, -0.2) is 13.4 Å². The largest absolute Gasteiger partial charge is 0.263 e. The molecule has 0 fully saturated rings. The van der Waals surface area contributed by atoms with Crippen LogP contribution < -0.4 is 4.72 Å². The number of benzene rings is 2. The Morgan fingerprint density at radius 1 is 1.09 bits per heavy atom. The van der Waals surface area contributed by atoms with Crippen molar-refractivity contribution in [3.05, 3.63) is 52.3 Å². The van der Waals surface area contributed by atoms with Crippen LogP contribution in [0.2, 0.25) is 10.0 Å². The number of sulfonamides is 1. The van der Waals surface area contributed by atoms with E-state index in [1.807, 2.05) is 0 Å². The lowest BCUT2D eigenvalue weighted by molar-refractivity contribution is 0.599. The zero-order valence-corrected chi connectivity index (χ0v) is 13.8. The molecule has 0 aliphatic rings. The van der Waals surface area contributed by atoms with Crippen molar-refractivity contribution in [3.8, 4) is 0 Å². The molecule has 1 heterocycles. The van der Waals surface area contributed by atoms with Gasteiger partial charge in [-0.15, -0.1) is 0 Å². The standard InChI is InChI=1S/C13H7Cl2FN2O2S2/c14-9-5-6-10-12(11(9)15)17-13(21-10)18-22(19,20)8-3-1-7(16)2-4-8/h1-6H,(H,17,18). The summed E-state index contributed by atoms with van der Waals surface area (Å²) in [5.74, 6) is -0.514. The average molecular weight is 377 g/mol. The minimum atomic E-state index is -3.85. The molecule has 0 unspecified atom stereocenters. The fourth-order valence-corrected chi connectivity index (χ4v) is 4.29. The molecule has 1 N–H and O–H groups in total. The van der Waals surface area contributed by atoms with Gasteiger partial charge < -0.3 is 0 Å². The molecule has 0 atom stereocenters. The summed E-state index contributed by atoms with van der Waals surface area (Å²) in [6.45, 7) is 0. The third kappa shape index (κ3) is 2.89. The molecule has 2 aromatic carbocycles. The first-order chi connectivity index (χ1) is 10.4. The lowest BCUT2D eigenvalue weighted by Gasteiger charge is -2.04. The van der Waals surface area contributed by atoms with Gasteiger partial charge in [0, 0.05) is 0 Å². The molecule has 0 radical (unpaired) electrons. The highest BCUT2D eigenvalue weighted by Gasteiger charge is 2.18. The number of aromatic nitrogens is 1. The predicted octanol–water partition coefficient (Wildman–Crippen LogP) is 4.54. The zero-order valence-electron chi connectivity index (χ0n) is 10.7. The first-order valence-electron chi connectivity index (χ1n) is 5.90. The Bertz CT molecular complexity index is 956. The maximum atomic E-state index is 12.9. The summed E-state index contributed by atoms with van der Waals surface area (Å²) in [5.41, 5.74) is 0.427. The number of nitrogens with zero attached hydrogens (tertiary/aromatic N) is 1. The molecule has 0 aliphatic carbocycles. The molecule has 9 heteroatoms. The molecular formula is C13H7Cl2FN2O2S2. The first-order valence-corrected chi connectivity index (χ1v) is 8.95. The number of hydrogen-bond acceptors (Lipinski definition) is 4. The van der Waals surface area contributed by atoms with Gasteiger partial charge in [-0.05, 0) is 36.4 Å². The topological polar surface area (TPSA) is 59.1 Å². The SMILES string of the molecule is O=S(=O)(Nc1nc2c(Cl)c(Cl)ccc2s1)c1ccc(F)cc1. The third-order valence-corrected chi connectivity index (χ3v) is 6.01. The molecule has 0 saturated carbocycles. The van der Waals surface area contributed by atoms with Crippen LogP contribution in [0.5, 0.6) is 0 Å². The number of halogens is 3. The van der Waals surface area contributed by atoms with Crippen LogP contribution in [0.4, 0.5) is 9.52 Å². The fraction of sp³-hybridized carbons (Fsp3) is 0. The van der Waals surface area contributed by atoms with Gasteiger partial charge in [-0.1, -0.05) is 34.5 Å². The monoisotopic (exact) mass is 376 g/mol. The molecule has 4 nitrogen and oxygen atoms in total. The van der Waals surface area contributed by atoms with Crippen molar-refractivity contribution >= 4 is 59.9 Å². The minimum Gasteiger partial charge on any atom is -0.255 e. The van der Waals surface area contributed by atoms with E-state index in [2.05, 4.69) is 9.71 Å². The Balaban J connectivity index is 1.99. The molecule has 0 saturated heterocycles. The van der Waals surface area contributed by atoms with Gasteiger partial charge in [-0.3, -0.25) is 4.72 Å². The van der Waals surface area contributed by atoms with Crippen LogP contribution in [0.25, 0.3) is 10.2 Å². The quantitative estimate of drug-likeness (QED) is 0.729. The van der Waals surface area contributed by atoms with Crippen LogP contribution in [-0.2, 0) is 10.0 Å². The molecule has 3 aromatic rings. The van der Waals surface area contributed by atoms with E-state index in [-0.39, 0.29) is 15.0 Å².